The average molecular weight is 375 g/mol. The molecule has 0 saturated carbocycles. The molecule has 1 atom stereocenters. The van der Waals surface area contributed by atoms with E-state index in [1.807, 2.05) is 57.2 Å². The molecule has 0 unspecified atom stereocenters. The smallest absolute Gasteiger partial charge is 0.133 e. The molecule has 0 saturated heterocycles. The Bertz CT molecular complexity index is 794. The van der Waals surface area contributed by atoms with Crippen LogP contribution >= 0.6 is 0 Å². The van der Waals surface area contributed by atoms with Crippen molar-refractivity contribution in [2.24, 2.45) is 0 Å². The van der Waals surface area contributed by atoms with Crippen molar-refractivity contribution in [2.45, 2.75) is 30.4 Å². The molecule has 140 valence electrons. The van der Waals surface area contributed by atoms with Gasteiger partial charge in [0.15, 0.2) is 0 Å². The van der Waals surface area contributed by atoms with Crippen LogP contribution in [0.1, 0.15) is 31.9 Å². The quantitative estimate of drug-likeness (QED) is 0.682. The van der Waals surface area contributed by atoms with Crippen LogP contribution in [0.4, 0.5) is 0 Å². The van der Waals surface area contributed by atoms with Gasteiger partial charge in [-0.1, -0.05) is 24.3 Å². The third-order valence-corrected chi connectivity index (χ3v) is 5.74. The number of hydrogen-bond acceptors (Lipinski definition) is 4. The number of benzene rings is 2. The minimum absolute atomic E-state index is 0.334. The Morgan fingerprint density at radius 3 is 1.96 bits per heavy atom. The maximum absolute atomic E-state index is 12.8. The fourth-order valence-corrected chi connectivity index (χ4v) is 3.70. The first-order chi connectivity index (χ1) is 12.3. The maximum Gasteiger partial charge on any atom is 0.133 e. The van der Waals surface area contributed by atoms with Crippen LogP contribution in [0.2, 0.25) is 0 Å². The van der Waals surface area contributed by atoms with Gasteiger partial charge in [-0.2, -0.15) is 0 Å². The van der Waals surface area contributed by atoms with Crippen LogP contribution in [0, 0.1) is 0 Å². The summed E-state index contributed by atoms with van der Waals surface area (Å²) < 4.78 is 28.7. The van der Waals surface area contributed by atoms with Crippen molar-refractivity contribution < 1.29 is 18.4 Å². The lowest BCUT2D eigenvalue weighted by Gasteiger charge is -2.19. The van der Waals surface area contributed by atoms with Crippen molar-refractivity contribution in [3.8, 4) is 17.2 Å². The summed E-state index contributed by atoms with van der Waals surface area (Å²) in [6.07, 6.45) is 3.85. The van der Waals surface area contributed by atoms with E-state index in [-0.39, 0.29) is 4.75 Å². The molecule has 0 radical (unpaired) electrons. The Hall–Kier alpha value is -2.27. The minimum Gasteiger partial charge on any atom is -0.496 e. The van der Waals surface area contributed by atoms with Crippen molar-refractivity contribution in [1.82, 2.24) is 0 Å². The van der Waals surface area contributed by atoms with Gasteiger partial charge in [-0.05, 0) is 38.5 Å². The molecule has 0 bridgehead atoms. The highest BCUT2D eigenvalue weighted by molar-refractivity contribution is 7.86. The molecule has 0 heterocycles. The lowest BCUT2D eigenvalue weighted by atomic mass is 10.1. The van der Waals surface area contributed by atoms with E-state index in [4.69, 9.17) is 14.2 Å². The highest BCUT2D eigenvalue weighted by Crippen LogP contribution is 2.36. The third kappa shape index (κ3) is 4.47. The van der Waals surface area contributed by atoms with E-state index in [9.17, 15) is 4.21 Å². The summed E-state index contributed by atoms with van der Waals surface area (Å²) >= 11 is 0. The van der Waals surface area contributed by atoms with E-state index in [1.165, 1.54) is 0 Å². The Morgan fingerprint density at radius 1 is 0.885 bits per heavy atom. The van der Waals surface area contributed by atoms with Gasteiger partial charge in [0.2, 0.25) is 0 Å². The average Bonchev–Trinajstić information content (AvgIpc) is 2.64. The molecule has 0 aliphatic heterocycles. The van der Waals surface area contributed by atoms with Gasteiger partial charge in [0.05, 0.1) is 37.7 Å². The molecule has 2 aromatic rings. The van der Waals surface area contributed by atoms with Crippen molar-refractivity contribution >= 4 is 23.0 Å². The molecule has 0 aliphatic rings. The van der Waals surface area contributed by atoms with E-state index in [0.717, 1.165) is 16.0 Å². The van der Waals surface area contributed by atoms with Gasteiger partial charge in [0, 0.05) is 21.8 Å². The molecule has 0 spiro atoms. The van der Waals surface area contributed by atoms with Crippen molar-refractivity contribution in [1.29, 1.82) is 0 Å². The summed E-state index contributed by atoms with van der Waals surface area (Å²) in [6.45, 7) is 5.91. The van der Waals surface area contributed by atoms with Gasteiger partial charge >= 0.3 is 0 Å². The lowest BCUT2D eigenvalue weighted by molar-refractivity contribution is 0.374. The van der Waals surface area contributed by atoms with E-state index >= 15 is 0 Å². The van der Waals surface area contributed by atoms with Crippen LogP contribution in [0.25, 0.3) is 12.2 Å². The van der Waals surface area contributed by atoms with Gasteiger partial charge in [0.25, 0.3) is 0 Å². The number of ether oxygens (including phenoxy) is 3. The summed E-state index contributed by atoms with van der Waals surface area (Å²) in [5, 5.41) is 0. The van der Waals surface area contributed by atoms with Gasteiger partial charge in [-0.3, -0.25) is 4.21 Å². The second-order valence-electron chi connectivity index (χ2n) is 6.70. The van der Waals surface area contributed by atoms with Crippen molar-refractivity contribution in [3.63, 3.8) is 0 Å². The minimum atomic E-state index is -1.12. The van der Waals surface area contributed by atoms with Crippen LogP contribution in [0.3, 0.4) is 0 Å². The standard InChI is InChI=1S/C21H26O4S/c1-21(2,3)26(22)20-10-8-7-9-15(20)11-12-17-18(24-5)13-16(23-4)14-19(17)25-6/h7-14H,1-6H3/b12-11-/t26-/m0/s1. The second kappa shape index (κ2) is 8.41. The summed E-state index contributed by atoms with van der Waals surface area (Å²) in [4.78, 5) is 0.808. The molecule has 0 amide bonds. The van der Waals surface area contributed by atoms with Gasteiger partial charge in [-0.25, -0.2) is 0 Å². The zero-order chi connectivity index (χ0) is 19.3. The fraction of sp³-hybridized carbons (Fsp3) is 0.333. The van der Waals surface area contributed by atoms with Gasteiger partial charge in [0.1, 0.15) is 17.2 Å². The molecule has 5 heteroatoms. The van der Waals surface area contributed by atoms with Crippen molar-refractivity contribution in [3.05, 3.63) is 47.5 Å². The van der Waals surface area contributed by atoms with E-state index < -0.39 is 10.8 Å². The van der Waals surface area contributed by atoms with Crippen LogP contribution in [0.5, 0.6) is 17.2 Å². The summed E-state index contributed by atoms with van der Waals surface area (Å²) in [7, 11) is 3.69. The Morgan fingerprint density at radius 2 is 1.46 bits per heavy atom. The molecular formula is C21H26O4S. The SMILES string of the molecule is COc1cc(OC)c(/C=C\c2ccccc2[S@](=O)C(C)(C)C)c(OC)c1. The first-order valence-corrected chi connectivity index (χ1v) is 9.45. The number of methoxy groups -OCH3 is 3. The van der Waals surface area contributed by atoms with Crippen LogP contribution in [-0.2, 0) is 10.8 Å². The van der Waals surface area contributed by atoms with Crippen molar-refractivity contribution in [2.75, 3.05) is 21.3 Å². The predicted molar refractivity (Wildman–Crippen MR) is 108 cm³/mol. The Labute approximate surface area is 158 Å². The fourth-order valence-electron chi connectivity index (χ4n) is 2.49. The zero-order valence-electron chi connectivity index (χ0n) is 16.2. The zero-order valence-corrected chi connectivity index (χ0v) is 17.0. The molecule has 26 heavy (non-hydrogen) atoms. The number of hydrogen-bond donors (Lipinski definition) is 0. The van der Waals surface area contributed by atoms with E-state index in [0.29, 0.717) is 17.2 Å². The maximum atomic E-state index is 12.8. The second-order valence-corrected chi connectivity index (χ2v) is 8.90. The molecular weight excluding hydrogens is 348 g/mol. The molecule has 0 aromatic heterocycles. The normalized spacial score (nSPS) is 12.8. The van der Waals surface area contributed by atoms with E-state index in [1.54, 1.807) is 33.5 Å². The molecule has 2 aromatic carbocycles. The van der Waals surface area contributed by atoms with Gasteiger partial charge < -0.3 is 14.2 Å². The summed E-state index contributed by atoms with van der Waals surface area (Å²) in [6, 6.07) is 11.3. The Kier molecular flexibility index (Phi) is 6.48. The summed E-state index contributed by atoms with van der Waals surface area (Å²) in [5.74, 6) is 1.95. The lowest BCUT2D eigenvalue weighted by Crippen LogP contribution is -2.22. The topological polar surface area (TPSA) is 44.8 Å². The largest absolute Gasteiger partial charge is 0.496 e. The molecule has 4 nitrogen and oxygen atoms in total. The monoisotopic (exact) mass is 374 g/mol. The highest BCUT2D eigenvalue weighted by atomic mass is 32.2. The Balaban J connectivity index is 2.50. The van der Waals surface area contributed by atoms with Crippen LogP contribution in [0.15, 0.2) is 41.3 Å². The van der Waals surface area contributed by atoms with E-state index in [2.05, 4.69) is 0 Å². The molecule has 0 aliphatic carbocycles. The van der Waals surface area contributed by atoms with Gasteiger partial charge in [-0.15, -0.1) is 0 Å². The van der Waals surface area contributed by atoms with Crippen LogP contribution < -0.4 is 14.2 Å². The highest BCUT2D eigenvalue weighted by Gasteiger charge is 2.22. The summed E-state index contributed by atoms with van der Waals surface area (Å²) in [5.41, 5.74) is 1.70. The predicted octanol–water partition coefficient (Wildman–Crippen LogP) is 4.79. The first kappa shape index (κ1) is 20.0. The molecule has 2 rings (SSSR count). The van der Waals surface area contributed by atoms with Crippen LogP contribution in [-0.4, -0.2) is 30.3 Å². The first-order valence-electron chi connectivity index (χ1n) is 8.30. The number of rotatable bonds is 6. The molecule has 0 fully saturated rings. The third-order valence-electron chi connectivity index (χ3n) is 3.86. The molecule has 0 N–H and O–H groups in total.